The van der Waals surface area contributed by atoms with Crippen LogP contribution in [-0.2, 0) is 11.2 Å². The number of carboxylic acids is 1. The van der Waals surface area contributed by atoms with Crippen molar-refractivity contribution >= 4 is 11.9 Å². The van der Waals surface area contributed by atoms with Crippen molar-refractivity contribution in [2.45, 2.75) is 32.7 Å². The summed E-state index contributed by atoms with van der Waals surface area (Å²) in [4.78, 5) is 25.5. The van der Waals surface area contributed by atoms with Gasteiger partial charge >= 0.3 is 5.97 Å². The van der Waals surface area contributed by atoms with E-state index < -0.39 is 12.6 Å². The van der Waals surface area contributed by atoms with E-state index in [0.29, 0.717) is 23.7 Å². The highest BCUT2D eigenvalue weighted by molar-refractivity contribution is 5.95. The van der Waals surface area contributed by atoms with Crippen LogP contribution in [0.4, 0.5) is 0 Å². The third kappa shape index (κ3) is 5.74. The minimum absolute atomic E-state index is 0.0633. The lowest BCUT2D eigenvalue weighted by atomic mass is 10.0. The lowest BCUT2D eigenvalue weighted by Gasteiger charge is -2.28. The number of aliphatic carboxylic acids is 1. The molecule has 6 nitrogen and oxygen atoms in total. The molecule has 0 aliphatic heterocycles. The molecule has 0 saturated carbocycles. The van der Waals surface area contributed by atoms with Gasteiger partial charge in [-0.25, -0.2) is 4.79 Å². The van der Waals surface area contributed by atoms with E-state index in [-0.39, 0.29) is 11.9 Å². The predicted molar refractivity (Wildman–Crippen MR) is 107 cm³/mol. The van der Waals surface area contributed by atoms with Crippen molar-refractivity contribution in [2.75, 3.05) is 20.3 Å². The summed E-state index contributed by atoms with van der Waals surface area (Å²) in [6.07, 6.45) is 1.60. The maximum atomic E-state index is 13.0. The van der Waals surface area contributed by atoms with Gasteiger partial charge in [0.15, 0.2) is 18.1 Å². The summed E-state index contributed by atoms with van der Waals surface area (Å²) in [7, 11) is 1.80. The highest BCUT2D eigenvalue weighted by Gasteiger charge is 2.21. The number of hydrogen-bond acceptors (Lipinski definition) is 4. The first-order valence-electron chi connectivity index (χ1n) is 9.38. The highest BCUT2D eigenvalue weighted by Crippen LogP contribution is 2.29. The molecule has 1 N–H and O–H groups in total. The molecule has 2 rings (SSSR count). The summed E-state index contributed by atoms with van der Waals surface area (Å²) < 4.78 is 10.8. The number of carbonyl (C=O) groups excluding carboxylic acids is 1. The van der Waals surface area contributed by atoms with Gasteiger partial charge in [-0.1, -0.05) is 37.3 Å². The fourth-order valence-electron chi connectivity index (χ4n) is 2.98. The van der Waals surface area contributed by atoms with Crippen LogP contribution in [0, 0.1) is 0 Å². The SMILES string of the molecule is CCOc1cc(C(=O)N(C)C(CC)Cc2ccccc2)ccc1OCC(=O)O. The van der Waals surface area contributed by atoms with Crippen LogP contribution in [0.25, 0.3) is 0 Å². The molecule has 0 aliphatic carbocycles. The van der Waals surface area contributed by atoms with E-state index in [1.54, 1.807) is 30.1 Å². The van der Waals surface area contributed by atoms with E-state index in [1.807, 2.05) is 25.1 Å². The third-order valence-corrected chi connectivity index (χ3v) is 4.50. The first kappa shape index (κ1) is 21.3. The van der Waals surface area contributed by atoms with Gasteiger partial charge in [0.2, 0.25) is 0 Å². The number of ether oxygens (including phenoxy) is 2. The standard InChI is InChI=1S/C22H27NO5/c1-4-18(13-16-9-7-6-8-10-16)23(3)22(26)17-11-12-19(28-15-21(24)25)20(14-17)27-5-2/h6-12,14,18H,4-5,13,15H2,1-3H3,(H,24,25). The van der Waals surface area contributed by atoms with Crippen molar-refractivity contribution in [3.63, 3.8) is 0 Å². The number of carboxylic acid groups (broad SMARTS) is 1. The molecule has 150 valence electrons. The molecule has 28 heavy (non-hydrogen) atoms. The largest absolute Gasteiger partial charge is 0.490 e. The van der Waals surface area contributed by atoms with Gasteiger partial charge in [0.25, 0.3) is 5.91 Å². The Morgan fingerprint density at radius 2 is 1.75 bits per heavy atom. The van der Waals surface area contributed by atoms with Crippen LogP contribution < -0.4 is 9.47 Å². The van der Waals surface area contributed by atoms with E-state index in [2.05, 4.69) is 19.1 Å². The van der Waals surface area contributed by atoms with Crippen molar-refractivity contribution in [3.05, 3.63) is 59.7 Å². The Morgan fingerprint density at radius 1 is 1.04 bits per heavy atom. The molecule has 0 saturated heterocycles. The second-order valence-corrected chi connectivity index (χ2v) is 6.44. The predicted octanol–water partition coefficient (Wildman–Crippen LogP) is 3.64. The van der Waals surface area contributed by atoms with E-state index in [9.17, 15) is 9.59 Å². The molecule has 0 radical (unpaired) electrons. The van der Waals surface area contributed by atoms with Crippen molar-refractivity contribution < 1.29 is 24.2 Å². The van der Waals surface area contributed by atoms with Crippen molar-refractivity contribution in [3.8, 4) is 11.5 Å². The van der Waals surface area contributed by atoms with Crippen LogP contribution in [0.1, 0.15) is 36.2 Å². The second-order valence-electron chi connectivity index (χ2n) is 6.44. The van der Waals surface area contributed by atoms with Crippen LogP contribution in [0.5, 0.6) is 11.5 Å². The normalized spacial score (nSPS) is 11.5. The molecule has 0 aromatic heterocycles. The number of benzene rings is 2. The molecule has 1 atom stereocenters. The molecule has 2 aromatic carbocycles. The quantitative estimate of drug-likeness (QED) is 0.676. The molecule has 0 fully saturated rings. The minimum Gasteiger partial charge on any atom is -0.490 e. The second kappa shape index (κ2) is 10.3. The fraction of sp³-hybridized carbons (Fsp3) is 0.364. The zero-order chi connectivity index (χ0) is 20.5. The van der Waals surface area contributed by atoms with E-state index in [1.165, 1.54) is 5.56 Å². The summed E-state index contributed by atoms with van der Waals surface area (Å²) >= 11 is 0. The van der Waals surface area contributed by atoms with Crippen LogP contribution >= 0.6 is 0 Å². The smallest absolute Gasteiger partial charge is 0.341 e. The summed E-state index contributed by atoms with van der Waals surface area (Å²) in [5.74, 6) is -0.526. The molecule has 0 spiro atoms. The van der Waals surface area contributed by atoms with Crippen molar-refractivity contribution in [2.24, 2.45) is 0 Å². The number of amides is 1. The Bertz CT molecular complexity index is 791. The zero-order valence-electron chi connectivity index (χ0n) is 16.6. The van der Waals surface area contributed by atoms with Gasteiger partial charge in [-0.2, -0.15) is 0 Å². The lowest BCUT2D eigenvalue weighted by molar-refractivity contribution is -0.139. The molecule has 6 heteroatoms. The van der Waals surface area contributed by atoms with Crippen molar-refractivity contribution in [1.82, 2.24) is 4.90 Å². The number of hydrogen-bond donors (Lipinski definition) is 1. The Balaban J connectivity index is 2.18. The Morgan fingerprint density at radius 3 is 2.36 bits per heavy atom. The van der Waals surface area contributed by atoms with E-state index >= 15 is 0 Å². The average molecular weight is 385 g/mol. The summed E-state index contributed by atoms with van der Waals surface area (Å²) in [5.41, 5.74) is 1.65. The summed E-state index contributed by atoms with van der Waals surface area (Å²) in [5, 5.41) is 8.79. The lowest BCUT2D eigenvalue weighted by Crippen LogP contribution is -2.38. The maximum Gasteiger partial charge on any atom is 0.341 e. The average Bonchev–Trinajstić information content (AvgIpc) is 2.70. The van der Waals surface area contributed by atoms with Crippen LogP contribution in [0.2, 0.25) is 0 Å². The molecular weight excluding hydrogens is 358 g/mol. The molecule has 0 heterocycles. The fourth-order valence-corrected chi connectivity index (χ4v) is 2.98. The Kier molecular flexibility index (Phi) is 7.87. The zero-order valence-corrected chi connectivity index (χ0v) is 16.6. The molecule has 2 aromatic rings. The first-order chi connectivity index (χ1) is 13.5. The molecule has 1 amide bonds. The van der Waals surface area contributed by atoms with E-state index in [4.69, 9.17) is 14.6 Å². The highest BCUT2D eigenvalue weighted by atomic mass is 16.5. The van der Waals surface area contributed by atoms with Gasteiger partial charge in [-0.15, -0.1) is 0 Å². The van der Waals surface area contributed by atoms with Gasteiger partial charge < -0.3 is 19.5 Å². The molecule has 1 unspecified atom stereocenters. The Labute approximate surface area is 165 Å². The number of rotatable bonds is 10. The van der Waals surface area contributed by atoms with Crippen molar-refractivity contribution in [1.29, 1.82) is 0 Å². The Hall–Kier alpha value is -3.02. The summed E-state index contributed by atoms with van der Waals surface area (Å²) in [6, 6.07) is 15.0. The van der Waals surface area contributed by atoms with Gasteiger partial charge in [-0.3, -0.25) is 4.79 Å². The van der Waals surface area contributed by atoms with Gasteiger partial charge in [0.1, 0.15) is 0 Å². The minimum atomic E-state index is -1.07. The summed E-state index contributed by atoms with van der Waals surface area (Å²) in [6.45, 7) is 3.78. The van der Waals surface area contributed by atoms with Gasteiger partial charge in [0, 0.05) is 18.7 Å². The van der Waals surface area contributed by atoms with Gasteiger partial charge in [0.05, 0.1) is 6.61 Å². The van der Waals surface area contributed by atoms with Crippen LogP contribution in [-0.4, -0.2) is 48.2 Å². The topological polar surface area (TPSA) is 76.1 Å². The van der Waals surface area contributed by atoms with E-state index in [0.717, 1.165) is 12.8 Å². The van der Waals surface area contributed by atoms with Crippen LogP contribution in [0.15, 0.2) is 48.5 Å². The van der Waals surface area contributed by atoms with Crippen LogP contribution in [0.3, 0.4) is 0 Å². The maximum absolute atomic E-state index is 13.0. The molecular formula is C22H27NO5. The number of nitrogens with zero attached hydrogens (tertiary/aromatic N) is 1. The molecule has 0 aliphatic rings. The third-order valence-electron chi connectivity index (χ3n) is 4.50. The monoisotopic (exact) mass is 385 g/mol. The first-order valence-corrected chi connectivity index (χ1v) is 9.38. The number of carbonyl (C=O) groups is 2. The van der Waals surface area contributed by atoms with Gasteiger partial charge in [-0.05, 0) is 43.5 Å². The number of likely N-dealkylation sites (N-methyl/N-ethyl adjacent to an activating group) is 1. The molecule has 0 bridgehead atoms.